The lowest BCUT2D eigenvalue weighted by Gasteiger charge is -2.37. The van der Waals surface area contributed by atoms with Crippen molar-refractivity contribution in [1.29, 1.82) is 0 Å². The standard InChI is InChI=1S/C11H16O2/c1-11-6-5-8(7-12)9(11)3-2-4-10(11)13/h7,10,13H,2-6H2,1H3/t10?,11-/m0/s1. The zero-order valence-corrected chi connectivity index (χ0v) is 8.05. The maximum Gasteiger partial charge on any atom is 0.145 e. The Morgan fingerprint density at radius 3 is 3.00 bits per heavy atom. The quantitative estimate of drug-likeness (QED) is 0.625. The number of carbonyl (C=O) groups is 1. The lowest BCUT2D eigenvalue weighted by molar-refractivity contribution is -0.105. The van der Waals surface area contributed by atoms with E-state index in [9.17, 15) is 9.90 Å². The molecule has 2 heteroatoms. The zero-order valence-electron chi connectivity index (χ0n) is 8.05. The first-order valence-electron chi connectivity index (χ1n) is 5.04. The van der Waals surface area contributed by atoms with Crippen LogP contribution in [0.3, 0.4) is 0 Å². The van der Waals surface area contributed by atoms with Crippen LogP contribution in [0, 0.1) is 5.41 Å². The van der Waals surface area contributed by atoms with E-state index in [1.807, 2.05) is 0 Å². The zero-order chi connectivity index (χ0) is 9.47. The Balaban J connectivity index is 2.38. The SMILES string of the molecule is C[C@]12CCC(C=O)=C1CCCC2O. The Morgan fingerprint density at radius 1 is 1.54 bits per heavy atom. The van der Waals surface area contributed by atoms with E-state index < -0.39 is 0 Å². The number of carbonyl (C=O) groups excluding carboxylic acids is 1. The summed E-state index contributed by atoms with van der Waals surface area (Å²) in [5.41, 5.74) is 2.12. The Morgan fingerprint density at radius 2 is 2.31 bits per heavy atom. The summed E-state index contributed by atoms with van der Waals surface area (Å²) in [4.78, 5) is 10.8. The first kappa shape index (κ1) is 8.95. The lowest BCUT2D eigenvalue weighted by atomic mass is 9.70. The molecule has 1 N–H and O–H groups in total. The fraction of sp³-hybridized carbons (Fsp3) is 0.727. The van der Waals surface area contributed by atoms with Gasteiger partial charge < -0.3 is 5.11 Å². The average molecular weight is 180 g/mol. The molecule has 0 radical (unpaired) electrons. The number of aldehydes is 1. The third kappa shape index (κ3) is 1.16. The van der Waals surface area contributed by atoms with Crippen molar-refractivity contribution in [1.82, 2.24) is 0 Å². The molecule has 0 aliphatic heterocycles. The molecule has 1 fully saturated rings. The van der Waals surface area contributed by atoms with Crippen LogP contribution in [0.5, 0.6) is 0 Å². The van der Waals surface area contributed by atoms with E-state index in [0.29, 0.717) is 0 Å². The number of aliphatic hydroxyl groups is 1. The van der Waals surface area contributed by atoms with Crippen molar-refractivity contribution < 1.29 is 9.90 Å². The summed E-state index contributed by atoms with van der Waals surface area (Å²) in [6.07, 6.45) is 5.52. The van der Waals surface area contributed by atoms with E-state index in [2.05, 4.69) is 6.92 Å². The molecule has 2 aliphatic rings. The highest BCUT2D eigenvalue weighted by atomic mass is 16.3. The van der Waals surface area contributed by atoms with Gasteiger partial charge in [-0.05, 0) is 37.7 Å². The van der Waals surface area contributed by atoms with Crippen molar-refractivity contribution in [2.45, 2.75) is 45.1 Å². The minimum absolute atomic E-state index is 0.0749. The molecule has 0 saturated heterocycles. The summed E-state index contributed by atoms with van der Waals surface area (Å²) in [7, 11) is 0. The van der Waals surface area contributed by atoms with Crippen LogP contribution in [0.2, 0.25) is 0 Å². The fourth-order valence-electron chi connectivity index (χ4n) is 2.80. The summed E-state index contributed by atoms with van der Waals surface area (Å²) in [6, 6.07) is 0. The number of hydrogen-bond donors (Lipinski definition) is 1. The number of aliphatic hydroxyl groups excluding tert-OH is 1. The third-order valence-corrected chi connectivity index (χ3v) is 3.77. The van der Waals surface area contributed by atoms with Gasteiger partial charge in [0.15, 0.2) is 0 Å². The molecule has 0 spiro atoms. The molecule has 72 valence electrons. The summed E-state index contributed by atoms with van der Waals surface area (Å²) >= 11 is 0. The molecule has 0 aromatic rings. The van der Waals surface area contributed by atoms with E-state index >= 15 is 0 Å². The molecular formula is C11H16O2. The molecule has 2 atom stereocenters. The first-order chi connectivity index (χ1) is 6.18. The maximum atomic E-state index is 10.8. The molecule has 0 aromatic carbocycles. The second kappa shape index (κ2) is 2.95. The predicted molar refractivity (Wildman–Crippen MR) is 50.3 cm³/mol. The molecule has 2 aliphatic carbocycles. The van der Waals surface area contributed by atoms with Crippen molar-refractivity contribution in [2.24, 2.45) is 5.41 Å². The monoisotopic (exact) mass is 180 g/mol. The second-order valence-electron chi connectivity index (χ2n) is 4.45. The maximum absolute atomic E-state index is 10.8. The van der Waals surface area contributed by atoms with Gasteiger partial charge in [-0.25, -0.2) is 0 Å². The number of allylic oxidation sites excluding steroid dienone is 1. The van der Waals surface area contributed by atoms with Gasteiger partial charge in [0, 0.05) is 5.41 Å². The van der Waals surface area contributed by atoms with E-state index in [4.69, 9.17) is 0 Å². The molecular weight excluding hydrogens is 164 g/mol. The van der Waals surface area contributed by atoms with Crippen LogP contribution >= 0.6 is 0 Å². The van der Waals surface area contributed by atoms with Crippen LogP contribution in [-0.2, 0) is 4.79 Å². The van der Waals surface area contributed by atoms with Crippen molar-refractivity contribution in [2.75, 3.05) is 0 Å². The number of rotatable bonds is 1. The lowest BCUT2D eigenvalue weighted by Crippen LogP contribution is -2.35. The summed E-state index contributed by atoms with van der Waals surface area (Å²) in [6.45, 7) is 2.10. The van der Waals surface area contributed by atoms with Crippen molar-refractivity contribution in [3.8, 4) is 0 Å². The van der Waals surface area contributed by atoms with Gasteiger partial charge in [0.1, 0.15) is 6.29 Å². The number of fused-ring (bicyclic) bond motifs is 1. The Kier molecular flexibility index (Phi) is 2.03. The van der Waals surface area contributed by atoms with Gasteiger partial charge in [-0.15, -0.1) is 0 Å². The van der Waals surface area contributed by atoms with E-state index in [0.717, 1.165) is 44.0 Å². The van der Waals surface area contributed by atoms with Crippen LogP contribution in [0.1, 0.15) is 39.0 Å². The molecule has 0 heterocycles. The van der Waals surface area contributed by atoms with Gasteiger partial charge in [0.25, 0.3) is 0 Å². The fourth-order valence-corrected chi connectivity index (χ4v) is 2.80. The van der Waals surface area contributed by atoms with Crippen LogP contribution in [0.15, 0.2) is 11.1 Å². The summed E-state index contributed by atoms with van der Waals surface area (Å²) in [5.74, 6) is 0. The highest BCUT2D eigenvalue weighted by Gasteiger charge is 2.43. The van der Waals surface area contributed by atoms with Gasteiger partial charge in [0.2, 0.25) is 0 Å². The molecule has 0 bridgehead atoms. The van der Waals surface area contributed by atoms with Gasteiger partial charge in [-0.1, -0.05) is 12.5 Å². The molecule has 2 rings (SSSR count). The Hall–Kier alpha value is -0.630. The largest absolute Gasteiger partial charge is 0.392 e. The van der Waals surface area contributed by atoms with E-state index in [-0.39, 0.29) is 11.5 Å². The smallest absolute Gasteiger partial charge is 0.145 e. The van der Waals surface area contributed by atoms with Crippen LogP contribution < -0.4 is 0 Å². The minimum atomic E-state index is -0.228. The van der Waals surface area contributed by atoms with Crippen molar-refractivity contribution in [3.63, 3.8) is 0 Å². The minimum Gasteiger partial charge on any atom is -0.392 e. The summed E-state index contributed by atoms with van der Waals surface area (Å²) < 4.78 is 0. The average Bonchev–Trinajstić information content (AvgIpc) is 2.45. The molecule has 1 saturated carbocycles. The Labute approximate surface area is 78.6 Å². The molecule has 0 amide bonds. The van der Waals surface area contributed by atoms with Gasteiger partial charge in [0.05, 0.1) is 6.10 Å². The third-order valence-electron chi connectivity index (χ3n) is 3.77. The normalized spacial score (nSPS) is 39.1. The van der Waals surface area contributed by atoms with Gasteiger partial charge in [-0.3, -0.25) is 4.79 Å². The molecule has 2 nitrogen and oxygen atoms in total. The molecule has 0 aromatic heterocycles. The van der Waals surface area contributed by atoms with Crippen LogP contribution in [-0.4, -0.2) is 17.5 Å². The molecule has 1 unspecified atom stereocenters. The summed E-state index contributed by atoms with van der Waals surface area (Å²) in [5, 5.41) is 9.90. The molecule has 13 heavy (non-hydrogen) atoms. The van der Waals surface area contributed by atoms with Gasteiger partial charge >= 0.3 is 0 Å². The van der Waals surface area contributed by atoms with Crippen molar-refractivity contribution >= 4 is 6.29 Å². The highest BCUT2D eigenvalue weighted by Crippen LogP contribution is 2.50. The van der Waals surface area contributed by atoms with Crippen LogP contribution in [0.25, 0.3) is 0 Å². The highest BCUT2D eigenvalue weighted by molar-refractivity contribution is 5.76. The van der Waals surface area contributed by atoms with E-state index in [1.165, 1.54) is 5.57 Å². The predicted octanol–water partition coefficient (Wildman–Crippen LogP) is 1.83. The van der Waals surface area contributed by atoms with Gasteiger partial charge in [-0.2, -0.15) is 0 Å². The van der Waals surface area contributed by atoms with Crippen molar-refractivity contribution in [3.05, 3.63) is 11.1 Å². The number of hydrogen-bond acceptors (Lipinski definition) is 2. The van der Waals surface area contributed by atoms with Crippen LogP contribution in [0.4, 0.5) is 0 Å². The van der Waals surface area contributed by atoms with E-state index in [1.54, 1.807) is 0 Å². The topological polar surface area (TPSA) is 37.3 Å². The Bertz CT molecular complexity index is 267. The second-order valence-corrected chi connectivity index (χ2v) is 4.45. The first-order valence-corrected chi connectivity index (χ1v) is 5.04.